The molecule has 0 bridgehead atoms. The number of nitro groups is 1. The van der Waals surface area contributed by atoms with E-state index >= 15 is 0 Å². The molecular weight excluding hydrogens is 349 g/mol. The largest absolute Gasteiger partial charge is 1.00 e. The van der Waals surface area contributed by atoms with Crippen molar-refractivity contribution in [1.29, 1.82) is 0 Å². The third-order valence-corrected chi connectivity index (χ3v) is 4.38. The van der Waals surface area contributed by atoms with Gasteiger partial charge in [0.1, 0.15) is 10.5 Å². The summed E-state index contributed by atoms with van der Waals surface area (Å²) in [5, 5.41) is 11.1. The predicted molar refractivity (Wildman–Crippen MR) is 76.2 cm³/mol. The number of ketones is 2. The van der Waals surface area contributed by atoms with Crippen LogP contribution in [0.5, 0.6) is 0 Å². The van der Waals surface area contributed by atoms with Crippen LogP contribution in [0.25, 0.3) is 0 Å². The van der Waals surface area contributed by atoms with E-state index in [1.807, 2.05) is 0 Å². The van der Waals surface area contributed by atoms with E-state index in [1.54, 1.807) is 0 Å². The molecule has 1 N–H and O–H groups in total. The summed E-state index contributed by atoms with van der Waals surface area (Å²) in [7, 11) is -4.78. The van der Waals surface area contributed by atoms with E-state index in [2.05, 4.69) is 0 Å². The van der Waals surface area contributed by atoms with Gasteiger partial charge in [-0.2, -0.15) is 8.42 Å². The van der Waals surface area contributed by atoms with Gasteiger partial charge in [0.2, 0.25) is 5.78 Å². The van der Waals surface area contributed by atoms with Crippen LogP contribution < -0.4 is 29.6 Å². The Morgan fingerprint density at radius 2 is 1.46 bits per heavy atom. The molecule has 1 aliphatic carbocycles. The zero-order valence-electron chi connectivity index (χ0n) is 12.2. The molecule has 0 saturated carbocycles. The number of carbonyl (C=O) groups excluding carboxylic acids is 2. The molecule has 0 spiro atoms. The Labute approximate surface area is 157 Å². The van der Waals surface area contributed by atoms with Gasteiger partial charge in [-0.25, -0.2) is 0 Å². The Morgan fingerprint density at radius 3 is 2.00 bits per heavy atom. The second-order valence-electron chi connectivity index (χ2n) is 4.77. The molecule has 0 aromatic heterocycles. The van der Waals surface area contributed by atoms with Crippen LogP contribution in [0, 0.1) is 10.1 Å². The molecule has 2 aromatic rings. The number of hydrogen-bond acceptors (Lipinski definition) is 6. The quantitative estimate of drug-likeness (QED) is 0.259. The molecule has 8 nitrogen and oxygen atoms in total. The van der Waals surface area contributed by atoms with Crippen LogP contribution in [0.15, 0.2) is 41.3 Å². The van der Waals surface area contributed by atoms with Gasteiger partial charge in [-0.15, -0.1) is 0 Å². The maximum Gasteiger partial charge on any atom is 1.00 e. The van der Waals surface area contributed by atoms with Gasteiger partial charge in [0, 0.05) is 17.2 Å². The molecule has 0 saturated heterocycles. The molecule has 24 heavy (non-hydrogen) atoms. The van der Waals surface area contributed by atoms with Gasteiger partial charge in [-0.05, 0) is 12.1 Å². The summed E-state index contributed by atoms with van der Waals surface area (Å²) >= 11 is 0. The molecule has 1 aliphatic rings. The smallest absolute Gasteiger partial charge is 0.289 e. The fourth-order valence-electron chi connectivity index (χ4n) is 2.56. The topological polar surface area (TPSA) is 132 Å². The van der Waals surface area contributed by atoms with Crippen LogP contribution in [0.4, 0.5) is 5.69 Å². The summed E-state index contributed by atoms with van der Waals surface area (Å²) in [4.78, 5) is 34.6. The normalized spacial score (nSPS) is 12.9. The summed E-state index contributed by atoms with van der Waals surface area (Å²) in [5.74, 6) is -1.71. The SMILES string of the molecule is O=C1c2cccc([N+](=O)[O-])c2C(=O)c2c1cccc2S(=O)(=O)O.[Na+]. The van der Waals surface area contributed by atoms with Crippen LogP contribution in [0.3, 0.4) is 0 Å². The number of rotatable bonds is 2. The third kappa shape index (κ3) is 2.70. The van der Waals surface area contributed by atoms with Gasteiger partial charge in [0.15, 0.2) is 5.78 Å². The van der Waals surface area contributed by atoms with E-state index in [-0.39, 0.29) is 40.7 Å². The van der Waals surface area contributed by atoms with Crippen molar-refractivity contribution in [3.8, 4) is 0 Å². The van der Waals surface area contributed by atoms with Crippen molar-refractivity contribution in [2.24, 2.45) is 0 Å². The number of carbonyl (C=O) groups is 2. The molecule has 0 aliphatic heterocycles. The molecule has 3 rings (SSSR count). The first-order valence-corrected chi connectivity index (χ1v) is 7.65. The minimum absolute atomic E-state index is 0. The van der Waals surface area contributed by atoms with Crippen molar-refractivity contribution >= 4 is 27.4 Å². The van der Waals surface area contributed by atoms with Gasteiger partial charge in [-0.3, -0.25) is 24.3 Å². The summed E-state index contributed by atoms with van der Waals surface area (Å²) < 4.78 is 32.1. The molecule has 10 heteroatoms. The van der Waals surface area contributed by atoms with Gasteiger partial charge in [-0.1, -0.05) is 18.2 Å². The van der Waals surface area contributed by atoms with Crippen LogP contribution in [-0.4, -0.2) is 29.5 Å². The van der Waals surface area contributed by atoms with Crippen molar-refractivity contribution in [3.63, 3.8) is 0 Å². The van der Waals surface area contributed by atoms with Crippen LogP contribution in [-0.2, 0) is 10.1 Å². The maximum absolute atomic E-state index is 12.6. The van der Waals surface area contributed by atoms with Crippen molar-refractivity contribution in [2.75, 3.05) is 0 Å². The predicted octanol–water partition coefficient (Wildman–Crippen LogP) is -1.38. The standard InChI is InChI=1S/C14H7NO7S.Na/c16-13-7-3-1-5-9(15(18)19)11(7)14(17)12-8(13)4-2-6-10(12)23(20,21)22;/h1-6H,(H,20,21,22);/q;+1. The molecule has 2 aromatic carbocycles. The molecule has 0 fully saturated rings. The van der Waals surface area contributed by atoms with Crippen LogP contribution in [0.1, 0.15) is 31.8 Å². The summed E-state index contributed by atoms with van der Waals surface area (Å²) in [5.41, 5.74) is -2.04. The zero-order chi connectivity index (χ0) is 16.9. The fourth-order valence-corrected chi connectivity index (χ4v) is 3.27. The monoisotopic (exact) mass is 356 g/mol. The minimum atomic E-state index is -4.78. The minimum Gasteiger partial charge on any atom is -0.289 e. The molecule has 0 radical (unpaired) electrons. The van der Waals surface area contributed by atoms with Gasteiger partial charge in [0.05, 0.1) is 10.5 Å². The van der Waals surface area contributed by atoms with E-state index in [1.165, 1.54) is 24.3 Å². The average molecular weight is 356 g/mol. The van der Waals surface area contributed by atoms with Gasteiger partial charge < -0.3 is 0 Å². The van der Waals surface area contributed by atoms with Crippen molar-refractivity contribution in [2.45, 2.75) is 4.90 Å². The average Bonchev–Trinajstić information content (AvgIpc) is 2.50. The Balaban J connectivity index is 0.00000208. The molecule has 0 atom stereocenters. The molecule has 116 valence electrons. The maximum atomic E-state index is 12.6. The number of fused-ring (bicyclic) bond motifs is 2. The Hall–Kier alpha value is -1.91. The second-order valence-corrected chi connectivity index (χ2v) is 6.16. The first-order chi connectivity index (χ1) is 10.7. The van der Waals surface area contributed by atoms with E-state index < -0.39 is 48.3 Å². The van der Waals surface area contributed by atoms with E-state index in [0.717, 1.165) is 12.1 Å². The summed E-state index contributed by atoms with van der Waals surface area (Å²) in [6.45, 7) is 0. The second kappa shape index (κ2) is 6.19. The molecule has 0 unspecified atom stereocenters. The zero-order valence-corrected chi connectivity index (χ0v) is 15.0. The van der Waals surface area contributed by atoms with E-state index in [4.69, 9.17) is 0 Å². The Morgan fingerprint density at radius 1 is 0.917 bits per heavy atom. The number of nitro benzene ring substituents is 1. The van der Waals surface area contributed by atoms with Crippen LogP contribution >= 0.6 is 0 Å². The first kappa shape index (κ1) is 18.4. The summed E-state index contributed by atoms with van der Waals surface area (Å²) in [6, 6.07) is 6.96. The Kier molecular flexibility index (Phi) is 4.75. The van der Waals surface area contributed by atoms with Crippen molar-refractivity contribution in [3.05, 3.63) is 68.8 Å². The number of nitrogens with zero attached hydrogens (tertiary/aromatic N) is 1. The van der Waals surface area contributed by atoms with Crippen LogP contribution in [0.2, 0.25) is 0 Å². The molecular formula is C14H7NNaO7S+. The fraction of sp³-hybridized carbons (Fsp3) is 0. The third-order valence-electron chi connectivity index (χ3n) is 3.49. The Bertz CT molecular complexity index is 1010. The van der Waals surface area contributed by atoms with Gasteiger partial charge >= 0.3 is 29.6 Å². The molecule has 0 heterocycles. The van der Waals surface area contributed by atoms with Gasteiger partial charge in [0.25, 0.3) is 15.8 Å². The van der Waals surface area contributed by atoms with E-state index in [0.29, 0.717) is 0 Å². The first-order valence-electron chi connectivity index (χ1n) is 6.21. The summed E-state index contributed by atoms with van der Waals surface area (Å²) in [6.07, 6.45) is 0. The van der Waals surface area contributed by atoms with Crippen molar-refractivity contribution < 1.29 is 57.0 Å². The number of hydrogen-bond donors (Lipinski definition) is 1. The number of benzene rings is 2. The molecule has 0 amide bonds. The van der Waals surface area contributed by atoms with E-state index in [9.17, 15) is 32.7 Å². The van der Waals surface area contributed by atoms with Crippen molar-refractivity contribution in [1.82, 2.24) is 0 Å².